The smallest absolute Gasteiger partial charge is 0.228 e. The van der Waals surface area contributed by atoms with Gasteiger partial charge in [0.15, 0.2) is 5.82 Å². The second-order valence-electron chi connectivity index (χ2n) is 4.37. The largest absolute Gasteiger partial charge is 0.369 e. The van der Waals surface area contributed by atoms with E-state index in [0.717, 1.165) is 23.6 Å². The molecule has 20 heavy (non-hydrogen) atoms. The molecule has 0 saturated heterocycles. The van der Waals surface area contributed by atoms with E-state index in [4.69, 9.17) is 10.4 Å². The van der Waals surface area contributed by atoms with Crippen LogP contribution in [0.2, 0.25) is 0 Å². The van der Waals surface area contributed by atoms with Gasteiger partial charge in [-0.25, -0.2) is 15.8 Å². The maximum atomic E-state index is 5.46. The summed E-state index contributed by atoms with van der Waals surface area (Å²) in [6, 6.07) is 0. The molecule has 108 valence electrons. The van der Waals surface area contributed by atoms with Crippen molar-refractivity contribution in [2.24, 2.45) is 5.84 Å². The molecule has 0 bridgehead atoms. The number of aromatic nitrogens is 4. The van der Waals surface area contributed by atoms with Crippen LogP contribution in [0.3, 0.4) is 0 Å². The summed E-state index contributed by atoms with van der Waals surface area (Å²) in [5.41, 5.74) is 3.47. The van der Waals surface area contributed by atoms with Crippen molar-refractivity contribution in [2.45, 2.75) is 33.6 Å². The minimum absolute atomic E-state index is 0.606. The minimum Gasteiger partial charge on any atom is -0.369 e. The molecule has 0 unspecified atom stereocenters. The summed E-state index contributed by atoms with van der Waals surface area (Å²) in [7, 11) is 0. The molecule has 0 amide bonds. The van der Waals surface area contributed by atoms with Crippen LogP contribution in [0.1, 0.15) is 30.0 Å². The van der Waals surface area contributed by atoms with Crippen molar-refractivity contribution >= 4 is 11.6 Å². The molecular formula is C12H19N7O. The van der Waals surface area contributed by atoms with E-state index in [0.29, 0.717) is 30.5 Å². The fraction of sp³-hybridized carbons (Fsp3) is 0.500. The van der Waals surface area contributed by atoms with Crippen molar-refractivity contribution in [2.75, 3.05) is 17.3 Å². The van der Waals surface area contributed by atoms with Gasteiger partial charge in [-0.1, -0.05) is 12.1 Å². The predicted molar refractivity (Wildman–Crippen MR) is 75.2 cm³/mol. The van der Waals surface area contributed by atoms with Gasteiger partial charge in [-0.2, -0.15) is 4.98 Å². The molecule has 2 aromatic rings. The average Bonchev–Trinajstić information content (AvgIpc) is 2.86. The highest BCUT2D eigenvalue weighted by molar-refractivity contribution is 5.56. The van der Waals surface area contributed by atoms with E-state index in [-0.39, 0.29) is 0 Å². The number of nitrogens with two attached hydrogens (primary N) is 1. The second kappa shape index (κ2) is 6.29. The summed E-state index contributed by atoms with van der Waals surface area (Å²) in [6.45, 7) is 6.35. The second-order valence-corrected chi connectivity index (χ2v) is 4.37. The SMILES string of the molecule is CCc1nc(NN)c(C)c(NCCc2nc(C)no2)n1. The van der Waals surface area contributed by atoms with Crippen LogP contribution < -0.4 is 16.6 Å². The molecule has 0 aliphatic carbocycles. The Morgan fingerprint density at radius 1 is 1.15 bits per heavy atom. The maximum absolute atomic E-state index is 5.46. The fourth-order valence-corrected chi connectivity index (χ4v) is 1.76. The molecule has 0 spiro atoms. The van der Waals surface area contributed by atoms with Gasteiger partial charge in [-0.15, -0.1) is 0 Å². The number of hydrazine groups is 1. The summed E-state index contributed by atoms with van der Waals surface area (Å²) < 4.78 is 5.06. The Morgan fingerprint density at radius 3 is 2.50 bits per heavy atom. The molecule has 2 rings (SSSR count). The standard InChI is InChI=1S/C12H19N7O/c1-4-9-16-11(7(2)12(17-9)18-13)14-6-5-10-15-8(3)19-20-10/h4-6,13H2,1-3H3,(H2,14,16,17,18). The van der Waals surface area contributed by atoms with Gasteiger partial charge in [-0.05, 0) is 13.8 Å². The summed E-state index contributed by atoms with van der Waals surface area (Å²) >= 11 is 0. The first-order valence-electron chi connectivity index (χ1n) is 6.51. The van der Waals surface area contributed by atoms with Crippen LogP contribution in [0, 0.1) is 13.8 Å². The van der Waals surface area contributed by atoms with Crippen LogP contribution in [0.25, 0.3) is 0 Å². The van der Waals surface area contributed by atoms with Gasteiger partial charge in [0.2, 0.25) is 5.89 Å². The van der Waals surface area contributed by atoms with E-state index < -0.39 is 0 Å². The molecule has 4 N–H and O–H groups in total. The average molecular weight is 277 g/mol. The summed E-state index contributed by atoms with van der Waals surface area (Å²) in [5.74, 6) is 8.84. The van der Waals surface area contributed by atoms with Crippen LogP contribution in [-0.2, 0) is 12.8 Å². The summed E-state index contributed by atoms with van der Waals surface area (Å²) in [5, 5.41) is 6.99. The number of hydrogen-bond donors (Lipinski definition) is 3. The number of hydrogen-bond acceptors (Lipinski definition) is 8. The highest BCUT2D eigenvalue weighted by Crippen LogP contribution is 2.19. The third-order valence-electron chi connectivity index (χ3n) is 2.85. The molecule has 8 heteroatoms. The van der Waals surface area contributed by atoms with Crippen molar-refractivity contribution < 1.29 is 4.52 Å². The first-order valence-corrected chi connectivity index (χ1v) is 6.51. The van der Waals surface area contributed by atoms with Crippen LogP contribution in [0.5, 0.6) is 0 Å². The molecule has 0 fully saturated rings. The van der Waals surface area contributed by atoms with Gasteiger partial charge in [0.1, 0.15) is 17.5 Å². The van der Waals surface area contributed by atoms with E-state index in [1.54, 1.807) is 6.92 Å². The molecule has 0 aromatic carbocycles. The van der Waals surface area contributed by atoms with Gasteiger partial charge < -0.3 is 15.3 Å². The molecule has 0 atom stereocenters. The Kier molecular flexibility index (Phi) is 4.46. The summed E-state index contributed by atoms with van der Waals surface area (Å²) in [6.07, 6.45) is 1.38. The normalized spacial score (nSPS) is 10.6. The molecule has 0 saturated carbocycles. The number of nitrogen functional groups attached to an aromatic ring is 1. The zero-order chi connectivity index (χ0) is 14.5. The quantitative estimate of drug-likeness (QED) is 0.528. The maximum Gasteiger partial charge on any atom is 0.228 e. The molecule has 0 aliphatic heterocycles. The number of aryl methyl sites for hydroxylation is 2. The van der Waals surface area contributed by atoms with Gasteiger partial charge in [-0.3, -0.25) is 0 Å². The van der Waals surface area contributed by atoms with Crippen molar-refractivity contribution in [3.8, 4) is 0 Å². The third kappa shape index (κ3) is 3.21. The van der Waals surface area contributed by atoms with Crippen molar-refractivity contribution in [3.05, 3.63) is 23.1 Å². The molecule has 0 aliphatic rings. The van der Waals surface area contributed by atoms with Crippen LogP contribution in [0.4, 0.5) is 11.6 Å². The van der Waals surface area contributed by atoms with E-state index >= 15 is 0 Å². The highest BCUT2D eigenvalue weighted by Gasteiger charge is 2.10. The Hall–Kier alpha value is -2.22. The first-order chi connectivity index (χ1) is 9.63. The Balaban J connectivity index is 2.04. The number of rotatable bonds is 6. The van der Waals surface area contributed by atoms with Crippen LogP contribution >= 0.6 is 0 Å². The molecule has 2 heterocycles. The van der Waals surface area contributed by atoms with Crippen molar-refractivity contribution in [1.82, 2.24) is 20.1 Å². The van der Waals surface area contributed by atoms with Crippen molar-refractivity contribution in [1.29, 1.82) is 0 Å². The zero-order valence-electron chi connectivity index (χ0n) is 11.9. The minimum atomic E-state index is 0.606. The Morgan fingerprint density at radius 2 is 1.90 bits per heavy atom. The fourth-order valence-electron chi connectivity index (χ4n) is 1.76. The van der Waals surface area contributed by atoms with Gasteiger partial charge in [0, 0.05) is 24.9 Å². The lowest BCUT2D eigenvalue weighted by molar-refractivity contribution is 0.377. The van der Waals surface area contributed by atoms with E-state index in [9.17, 15) is 0 Å². The molecular weight excluding hydrogens is 258 g/mol. The molecule has 8 nitrogen and oxygen atoms in total. The van der Waals surface area contributed by atoms with Gasteiger partial charge >= 0.3 is 0 Å². The van der Waals surface area contributed by atoms with E-state index in [1.807, 2.05) is 13.8 Å². The molecule has 2 aromatic heterocycles. The zero-order valence-corrected chi connectivity index (χ0v) is 11.9. The third-order valence-corrected chi connectivity index (χ3v) is 2.85. The van der Waals surface area contributed by atoms with E-state index in [2.05, 4.69) is 30.9 Å². The van der Waals surface area contributed by atoms with Gasteiger partial charge in [0.25, 0.3) is 0 Å². The van der Waals surface area contributed by atoms with E-state index in [1.165, 1.54) is 0 Å². The predicted octanol–water partition coefficient (Wildman–Crippen LogP) is 0.979. The lowest BCUT2D eigenvalue weighted by atomic mass is 10.3. The number of nitrogens with one attached hydrogen (secondary N) is 2. The Bertz CT molecular complexity index is 581. The topological polar surface area (TPSA) is 115 Å². The van der Waals surface area contributed by atoms with Crippen LogP contribution in [0.15, 0.2) is 4.52 Å². The highest BCUT2D eigenvalue weighted by atomic mass is 16.5. The number of nitrogens with zero attached hydrogens (tertiary/aromatic N) is 4. The monoisotopic (exact) mass is 277 g/mol. The number of anilines is 2. The van der Waals surface area contributed by atoms with Gasteiger partial charge in [0.05, 0.1) is 0 Å². The molecule has 0 radical (unpaired) electrons. The van der Waals surface area contributed by atoms with Crippen molar-refractivity contribution in [3.63, 3.8) is 0 Å². The first kappa shape index (κ1) is 14.2. The lowest BCUT2D eigenvalue weighted by Crippen LogP contribution is -2.15. The Labute approximate surface area is 117 Å². The lowest BCUT2D eigenvalue weighted by Gasteiger charge is -2.12. The summed E-state index contributed by atoms with van der Waals surface area (Å²) in [4.78, 5) is 12.9. The van der Waals surface area contributed by atoms with Crippen LogP contribution in [-0.4, -0.2) is 26.7 Å².